The predicted molar refractivity (Wildman–Crippen MR) is 119 cm³/mol. The van der Waals surface area contributed by atoms with E-state index >= 15 is 0 Å². The van der Waals surface area contributed by atoms with Crippen molar-refractivity contribution in [2.45, 2.75) is 46.1 Å². The van der Waals surface area contributed by atoms with Crippen LogP contribution in [0.1, 0.15) is 33.4 Å². The molecule has 0 atom stereocenters. The average Bonchev–Trinajstić information content (AvgIpc) is 3.06. The Balaban J connectivity index is 1.90. The first-order valence-electron chi connectivity index (χ1n) is 9.07. The molecule has 154 valence electrons. The number of nitrogens with zero attached hydrogens (tertiary/aromatic N) is 2. The van der Waals surface area contributed by atoms with Gasteiger partial charge in [0.1, 0.15) is 0 Å². The number of rotatable bonds is 5. The zero-order valence-electron chi connectivity index (χ0n) is 17.0. The molecule has 0 spiro atoms. The van der Waals surface area contributed by atoms with E-state index in [1.807, 2.05) is 40.7 Å². The van der Waals surface area contributed by atoms with Crippen LogP contribution in [0, 0.1) is 34.6 Å². The minimum absolute atomic E-state index is 0.326. The Morgan fingerprint density at radius 2 is 1.55 bits per heavy atom. The Morgan fingerprint density at radius 3 is 2.14 bits per heavy atom. The van der Waals surface area contributed by atoms with Crippen molar-refractivity contribution in [1.82, 2.24) is 9.78 Å². The summed E-state index contributed by atoms with van der Waals surface area (Å²) in [7, 11) is -3.76. The number of benzene rings is 2. The Hall–Kier alpha value is -2.02. The molecule has 8 heteroatoms. The fourth-order valence-electron chi connectivity index (χ4n) is 3.40. The van der Waals surface area contributed by atoms with E-state index in [1.54, 1.807) is 23.0 Å². The van der Waals surface area contributed by atoms with Crippen molar-refractivity contribution in [1.29, 1.82) is 0 Å². The number of aromatic nitrogens is 2. The van der Waals surface area contributed by atoms with Gasteiger partial charge in [0.25, 0.3) is 10.0 Å². The number of nitrogens with one attached hydrogen (secondary N) is 1. The molecule has 0 aliphatic carbocycles. The Kier molecular flexibility index (Phi) is 5.99. The molecule has 2 aromatic carbocycles. The van der Waals surface area contributed by atoms with Crippen molar-refractivity contribution in [2.75, 3.05) is 4.72 Å². The number of anilines is 1. The lowest BCUT2D eigenvalue weighted by atomic mass is 9.95. The normalized spacial score (nSPS) is 11.7. The highest BCUT2D eigenvalue weighted by Gasteiger charge is 2.24. The molecule has 0 radical (unpaired) electrons. The van der Waals surface area contributed by atoms with E-state index in [2.05, 4.69) is 9.82 Å². The van der Waals surface area contributed by atoms with Crippen molar-refractivity contribution in [3.05, 3.63) is 74.0 Å². The van der Waals surface area contributed by atoms with E-state index in [0.717, 1.165) is 33.4 Å². The second kappa shape index (κ2) is 8.01. The summed E-state index contributed by atoms with van der Waals surface area (Å²) in [6.45, 7) is 10.00. The third kappa shape index (κ3) is 4.29. The molecule has 0 aliphatic rings. The monoisotopic (exact) mass is 451 g/mol. The van der Waals surface area contributed by atoms with Crippen molar-refractivity contribution in [3.63, 3.8) is 0 Å². The maximum Gasteiger partial charge on any atom is 0.262 e. The summed E-state index contributed by atoms with van der Waals surface area (Å²) in [5, 5.41) is 5.34. The third-order valence-corrected chi connectivity index (χ3v) is 7.67. The van der Waals surface area contributed by atoms with Gasteiger partial charge in [-0.15, -0.1) is 0 Å². The first kappa shape index (κ1) is 21.7. The molecular weight excluding hydrogens is 429 g/mol. The highest BCUT2D eigenvalue weighted by atomic mass is 35.5. The lowest BCUT2D eigenvalue weighted by Gasteiger charge is -2.19. The van der Waals surface area contributed by atoms with Gasteiger partial charge in [0.2, 0.25) is 0 Å². The average molecular weight is 452 g/mol. The smallest absolute Gasteiger partial charge is 0.262 e. The zero-order chi connectivity index (χ0) is 21.5. The highest BCUT2D eigenvalue weighted by Crippen LogP contribution is 2.31. The van der Waals surface area contributed by atoms with E-state index < -0.39 is 10.0 Å². The third-order valence-electron chi connectivity index (χ3n) is 5.43. The van der Waals surface area contributed by atoms with E-state index in [4.69, 9.17) is 23.2 Å². The molecule has 29 heavy (non-hydrogen) atoms. The van der Waals surface area contributed by atoms with E-state index in [-0.39, 0.29) is 0 Å². The molecule has 1 N–H and O–H groups in total. The minimum Gasteiger partial charge on any atom is -0.276 e. The SMILES string of the molecule is Cc1c(C)c(C)c(S(=O)(=O)Nc2cnn(Cc3ccc(Cl)cc3Cl)c2)c(C)c1C. The van der Waals surface area contributed by atoms with Crippen LogP contribution in [-0.4, -0.2) is 18.2 Å². The standard InChI is InChI=1S/C21H23Cl2N3O2S/c1-12-13(2)15(4)21(16(5)14(12)3)29(27,28)25-19-9-24-26(11-19)10-17-6-7-18(22)8-20(17)23/h6-9,11,25H,10H2,1-5H3. The van der Waals surface area contributed by atoms with Crippen LogP contribution < -0.4 is 4.72 Å². The number of hydrogen-bond donors (Lipinski definition) is 1. The highest BCUT2D eigenvalue weighted by molar-refractivity contribution is 7.92. The minimum atomic E-state index is -3.76. The van der Waals surface area contributed by atoms with Gasteiger partial charge in [-0.05, 0) is 80.1 Å². The summed E-state index contributed by atoms with van der Waals surface area (Å²) < 4.78 is 30.5. The van der Waals surface area contributed by atoms with Crippen LogP contribution in [0.4, 0.5) is 5.69 Å². The summed E-state index contributed by atoms with van der Waals surface area (Å²) in [4.78, 5) is 0.326. The van der Waals surface area contributed by atoms with Crippen molar-refractivity contribution in [2.24, 2.45) is 0 Å². The van der Waals surface area contributed by atoms with Crippen molar-refractivity contribution in [3.8, 4) is 0 Å². The van der Waals surface area contributed by atoms with Crippen LogP contribution in [0.2, 0.25) is 10.0 Å². The molecule has 0 aliphatic heterocycles. The largest absolute Gasteiger partial charge is 0.276 e. The van der Waals surface area contributed by atoms with Crippen LogP contribution in [0.25, 0.3) is 0 Å². The molecule has 0 unspecified atom stereocenters. The fourth-order valence-corrected chi connectivity index (χ4v) is 5.50. The van der Waals surface area contributed by atoms with Crippen LogP contribution in [0.5, 0.6) is 0 Å². The van der Waals surface area contributed by atoms with E-state index in [0.29, 0.717) is 27.2 Å². The van der Waals surface area contributed by atoms with Gasteiger partial charge in [-0.3, -0.25) is 9.40 Å². The van der Waals surface area contributed by atoms with Gasteiger partial charge in [-0.2, -0.15) is 5.10 Å². The van der Waals surface area contributed by atoms with Gasteiger partial charge in [-0.25, -0.2) is 8.42 Å². The first-order chi connectivity index (χ1) is 13.5. The van der Waals surface area contributed by atoms with Crippen LogP contribution in [0.15, 0.2) is 35.5 Å². The van der Waals surface area contributed by atoms with Crippen LogP contribution in [0.3, 0.4) is 0 Å². The number of hydrogen-bond acceptors (Lipinski definition) is 3. The molecule has 5 nitrogen and oxygen atoms in total. The molecule has 0 fully saturated rings. The topological polar surface area (TPSA) is 64.0 Å². The number of halogens is 2. The Labute approximate surface area is 181 Å². The first-order valence-corrected chi connectivity index (χ1v) is 11.3. The van der Waals surface area contributed by atoms with E-state index in [1.165, 1.54) is 6.20 Å². The van der Waals surface area contributed by atoms with Crippen LogP contribution >= 0.6 is 23.2 Å². The summed E-state index contributed by atoms with van der Waals surface area (Å²) in [6, 6.07) is 5.24. The Bertz CT molecular complexity index is 1170. The second-order valence-electron chi connectivity index (χ2n) is 7.22. The molecule has 0 saturated heterocycles. The molecule has 0 bridgehead atoms. The van der Waals surface area contributed by atoms with Crippen molar-refractivity contribution < 1.29 is 8.42 Å². The summed E-state index contributed by atoms with van der Waals surface area (Å²) >= 11 is 12.1. The molecule has 3 rings (SSSR count). The molecule has 1 heterocycles. The van der Waals surface area contributed by atoms with Gasteiger partial charge in [0.15, 0.2) is 0 Å². The summed E-state index contributed by atoms with van der Waals surface area (Å²) in [6.07, 6.45) is 3.13. The maximum absolute atomic E-state index is 13.1. The summed E-state index contributed by atoms with van der Waals surface area (Å²) in [5.74, 6) is 0. The molecular formula is C21H23Cl2N3O2S. The van der Waals surface area contributed by atoms with Gasteiger partial charge in [-0.1, -0.05) is 29.3 Å². The quantitative estimate of drug-likeness (QED) is 0.550. The Morgan fingerprint density at radius 1 is 0.966 bits per heavy atom. The predicted octanol–water partition coefficient (Wildman–Crippen LogP) is 5.58. The lowest BCUT2D eigenvalue weighted by Crippen LogP contribution is -2.17. The lowest BCUT2D eigenvalue weighted by molar-refractivity contribution is 0.599. The molecule has 0 amide bonds. The van der Waals surface area contributed by atoms with Crippen molar-refractivity contribution >= 4 is 38.9 Å². The van der Waals surface area contributed by atoms with Crippen LogP contribution in [-0.2, 0) is 16.6 Å². The second-order valence-corrected chi connectivity index (χ2v) is 9.68. The van der Waals surface area contributed by atoms with Gasteiger partial charge in [0.05, 0.1) is 23.3 Å². The van der Waals surface area contributed by atoms with Gasteiger partial charge < -0.3 is 0 Å². The summed E-state index contributed by atoms with van der Waals surface area (Å²) in [5.41, 5.74) is 5.85. The molecule has 1 aromatic heterocycles. The number of sulfonamides is 1. The molecule has 3 aromatic rings. The van der Waals surface area contributed by atoms with E-state index in [9.17, 15) is 8.42 Å². The fraction of sp³-hybridized carbons (Fsp3) is 0.286. The van der Waals surface area contributed by atoms with Gasteiger partial charge >= 0.3 is 0 Å². The zero-order valence-corrected chi connectivity index (χ0v) is 19.3. The maximum atomic E-state index is 13.1. The molecule has 0 saturated carbocycles. The van der Waals surface area contributed by atoms with Gasteiger partial charge in [0, 0.05) is 16.2 Å².